The first kappa shape index (κ1) is 41.9. The van der Waals surface area contributed by atoms with E-state index in [0.717, 1.165) is 5.57 Å². The van der Waals surface area contributed by atoms with E-state index in [0.29, 0.717) is 50.5 Å². The van der Waals surface area contributed by atoms with Gasteiger partial charge in [0.05, 0.1) is 67.6 Å². The van der Waals surface area contributed by atoms with Gasteiger partial charge in [-0.25, -0.2) is 0 Å². The Labute approximate surface area is 333 Å². The van der Waals surface area contributed by atoms with Gasteiger partial charge in [0.25, 0.3) is 0 Å². The topological polar surface area (TPSA) is 200 Å². The highest BCUT2D eigenvalue weighted by molar-refractivity contribution is 5.74. The van der Waals surface area contributed by atoms with Crippen molar-refractivity contribution in [2.45, 2.75) is 189 Å². The third kappa shape index (κ3) is 7.31. The minimum absolute atomic E-state index is 0.0502. The van der Waals surface area contributed by atoms with E-state index in [1.165, 1.54) is 7.11 Å². The Bertz CT molecular complexity index is 1530. The van der Waals surface area contributed by atoms with E-state index in [2.05, 4.69) is 13.0 Å². The molecule has 57 heavy (non-hydrogen) atoms. The molecule has 5 saturated heterocycles. The molecule has 322 valence electrons. The van der Waals surface area contributed by atoms with Crippen molar-refractivity contribution in [2.75, 3.05) is 20.8 Å². The number of hydrogen-bond acceptors (Lipinski definition) is 16. The second-order valence-electron chi connectivity index (χ2n) is 17.8. The van der Waals surface area contributed by atoms with E-state index >= 15 is 0 Å². The molecule has 6 heterocycles. The summed E-state index contributed by atoms with van der Waals surface area (Å²) in [5, 5.41) is 45.0. The highest BCUT2D eigenvalue weighted by Crippen LogP contribution is 2.58. The summed E-state index contributed by atoms with van der Waals surface area (Å²) in [5.74, 6) is -2.23. The standard InChI is InChI=1S/C41H62O16/c1-19-35(44)29(47-6)14-34(51-19)56-36-20(2)52-32(13-26(36)42)57-37-21(3)53-33(15-30(37)48-7)54-28-12-22-8-10-24-25(39(22,4)16-27(28)43)11-9-23-17-49-40(5)41(23,46)31(18-50-40)55-38(24)45/h8,17,19-21,24-37,42-44,46H,9-16,18H2,1-7H3. The van der Waals surface area contributed by atoms with Crippen LogP contribution in [0.4, 0.5) is 0 Å². The first-order valence-corrected chi connectivity index (χ1v) is 20.7. The summed E-state index contributed by atoms with van der Waals surface area (Å²) in [7, 11) is 3.14. The number of ether oxygens (including phenoxy) is 11. The van der Waals surface area contributed by atoms with Gasteiger partial charge in [-0.3, -0.25) is 4.79 Å². The minimum Gasteiger partial charge on any atom is -0.466 e. The summed E-state index contributed by atoms with van der Waals surface area (Å²) < 4.78 is 66.4. The van der Waals surface area contributed by atoms with E-state index < -0.39 is 115 Å². The molecule has 20 unspecified atom stereocenters. The predicted octanol–water partition coefficient (Wildman–Crippen LogP) is 2.12. The molecule has 2 aliphatic carbocycles. The summed E-state index contributed by atoms with van der Waals surface area (Å²) in [6.07, 6.45) is -2.71. The summed E-state index contributed by atoms with van der Waals surface area (Å²) >= 11 is 0. The van der Waals surface area contributed by atoms with E-state index in [4.69, 9.17) is 52.1 Å². The van der Waals surface area contributed by atoms with Crippen molar-refractivity contribution in [2.24, 2.45) is 17.3 Å². The Morgan fingerprint density at radius 3 is 2.16 bits per heavy atom. The fourth-order valence-electron chi connectivity index (χ4n) is 11.0. The van der Waals surface area contributed by atoms with Crippen molar-refractivity contribution in [3.8, 4) is 0 Å². The zero-order chi connectivity index (χ0) is 40.6. The number of rotatable bonds is 8. The van der Waals surface area contributed by atoms with Crippen LogP contribution in [0, 0.1) is 17.3 Å². The number of esters is 1. The van der Waals surface area contributed by atoms with Gasteiger partial charge in [0.1, 0.15) is 18.3 Å². The fourth-order valence-corrected chi connectivity index (χ4v) is 11.0. The number of allylic oxidation sites excluding steroid dienone is 1. The molecule has 16 heteroatoms. The number of fused-ring (bicyclic) bond motifs is 3. The Hall–Kier alpha value is -1.77. The van der Waals surface area contributed by atoms with Crippen LogP contribution in [0.3, 0.4) is 0 Å². The van der Waals surface area contributed by atoms with Crippen LogP contribution in [0.15, 0.2) is 23.5 Å². The maximum absolute atomic E-state index is 13.8. The third-order valence-electron chi connectivity index (χ3n) is 14.5. The lowest BCUT2D eigenvalue weighted by Gasteiger charge is -2.52. The Kier molecular flexibility index (Phi) is 11.7. The zero-order valence-corrected chi connectivity index (χ0v) is 34.0. The molecule has 20 atom stereocenters. The predicted molar refractivity (Wildman–Crippen MR) is 196 cm³/mol. The molecule has 0 aromatic rings. The molecular formula is C41H62O16. The van der Waals surface area contributed by atoms with Gasteiger partial charge >= 0.3 is 5.97 Å². The molecule has 16 nitrogen and oxygen atoms in total. The van der Waals surface area contributed by atoms with E-state index in [1.807, 2.05) is 13.8 Å². The van der Waals surface area contributed by atoms with Gasteiger partial charge in [-0.15, -0.1) is 0 Å². The van der Waals surface area contributed by atoms with Crippen molar-refractivity contribution < 1.29 is 77.3 Å². The highest BCUT2D eigenvalue weighted by atomic mass is 16.8. The van der Waals surface area contributed by atoms with Crippen molar-refractivity contribution in [1.29, 1.82) is 0 Å². The van der Waals surface area contributed by atoms with Crippen molar-refractivity contribution in [3.05, 3.63) is 23.5 Å². The zero-order valence-electron chi connectivity index (χ0n) is 34.0. The van der Waals surface area contributed by atoms with Crippen LogP contribution in [0.5, 0.6) is 0 Å². The van der Waals surface area contributed by atoms with Gasteiger partial charge in [-0.1, -0.05) is 18.6 Å². The molecule has 0 spiro atoms. The molecule has 4 N–H and O–H groups in total. The number of aliphatic hydroxyl groups is 4. The summed E-state index contributed by atoms with van der Waals surface area (Å²) in [4.78, 5) is 13.8. The number of carbonyl (C=O) groups is 1. The summed E-state index contributed by atoms with van der Waals surface area (Å²) in [6, 6.07) is 0. The van der Waals surface area contributed by atoms with Gasteiger partial charge in [0.15, 0.2) is 30.6 Å². The minimum atomic E-state index is -1.55. The Balaban J connectivity index is 0.874. The van der Waals surface area contributed by atoms with E-state index in [-0.39, 0.29) is 24.9 Å². The number of methoxy groups -OCH3 is 2. The lowest BCUT2D eigenvalue weighted by Crippen LogP contribution is -2.57. The number of hydrogen-bond donors (Lipinski definition) is 4. The smallest absolute Gasteiger partial charge is 0.310 e. The highest BCUT2D eigenvalue weighted by Gasteiger charge is 2.68. The molecule has 6 fully saturated rings. The van der Waals surface area contributed by atoms with Crippen LogP contribution in [-0.4, -0.2) is 151 Å². The van der Waals surface area contributed by atoms with Gasteiger partial charge in [-0.2, -0.15) is 0 Å². The summed E-state index contributed by atoms with van der Waals surface area (Å²) in [5.41, 5.74) is -0.252. The van der Waals surface area contributed by atoms with Crippen molar-refractivity contribution >= 4 is 5.97 Å². The third-order valence-corrected chi connectivity index (χ3v) is 14.5. The van der Waals surface area contributed by atoms with Crippen molar-refractivity contribution in [3.63, 3.8) is 0 Å². The van der Waals surface area contributed by atoms with Gasteiger partial charge in [-0.05, 0) is 64.2 Å². The van der Waals surface area contributed by atoms with Gasteiger partial charge in [0, 0.05) is 46.0 Å². The maximum atomic E-state index is 13.8. The average Bonchev–Trinajstić information content (AvgIpc) is 3.58. The fraction of sp³-hybridized carbons (Fsp3) is 0.878. The lowest BCUT2D eigenvalue weighted by atomic mass is 9.55. The number of carbonyl (C=O) groups excluding carboxylic acids is 1. The molecule has 0 amide bonds. The monoisotopic (exact) mass is 810 g/mol. The lowest BCUT2D eigenvalue weighted by molar-refractivity contribution is -0.338. The van der Waals surface area contributed by atoms with Gasteiger partial charge < -0.3 is 72.5 Å². The quantitative estimate of drug-likeness (QED) is 0.205. The molecule has 1 saturated carbocycles. The molecule has 6 aliphatic heterocycles. The van der Waals surface area contributed by atoms with Gasteiger partial charge in [0.2, 0.25) is 5.79 Å². The SMILES string of the molecule is COC1CC(OC2C(O)CC(OC3C(C)OC(OC4CC5=CCC6C(=O)OC7COC8(C)OC=C(CCC6C5(C)CC4O)C78O)CC3OC)OC2C)OC(C)C1O. The average molecular weight is 811 g/mol. The Morgan fingerprint density at radius 2 is 1.44 bits per heavy atom. The van der Waals surface area contributed by atoms with E-state index in [1.54, 1.807) is 27.2 Å². The molecule has 0 aromatic heterocycles. The largest absolute Gasteiger partial charge is 0.466 e. The van der Waals surface area contributed by atoms with Crippen LogP contribution in [0.2, 0.25) is 0 Å². The Morgan fingerprint density at radius 1 is 0.789 bits per heavy atom. The first-order valence-electron chi connectivity index (χ1n) is 20.7. The molecule has 0 bridgehead atoms. The van der Waals surface area contributed by atoms with Crippen LogP contribution in [0.25, 0.3) is 0 Å². The van der Waals surface area contributed by atoms with Crippen LogP contribution in [-0.2, 0) is 56.9 Å². The second kappa shape index (κ2) is 15.9. The number of aliphatic hydroxyl groups excluding tert-OH is 3. The van der Waals surface area contributed by atoms with Crippen molar-refractivity contribution in [1.82, 2.24) is 0 Å². The molecule has 8 aliphatic rings. The molecule has 8 rings (SSSR count). The first-order chi connectivity index (χ1) is 27.1. The van der Waals surface area contributed by atoms with Crippen LogP contribution < -0.4 is 0 Å². The second-order valence-corrected chi connectivity index (χ2v) is 17.8. The van der Waals surface area contributed by atoms with E-state index in [9.17, 15) is 25.2 Å². The molecule has 0 radical (unpaired) electrons. The van der Waals surface area contributed by atoms with Crippen LogP contribution in [0.1, 0.15) is 86.0 Å². The van der Waals surface area contributed by atoms with Crippen LogP contribution >= 0.6 is 0 Å². The maximum Gasteiger partial charge on any atom is 0.310 e. The molecule has 0 aromatic carbocycles. The molecular weight excluding hydrogens is 748 g/mol. The summed E-state index contributed by atoms with van der Waals surface area (Å²) in [6.45, 7) is 9.29. The normalized spacial score (nSPS) is 52.5.